The molecule has 0 radical (unpaired) electrons. The third-order valence-corrected chi connectivity index (χ3v) is 1.55. The number of hydrogen-bond donors (Lipinski definition) is 1. The molecule has 0 fully saturated rings. The SMILES string of the molecule is O=c1[nH]cc(F)c(=O)n1C(Cl)Cl. The van der Waals surface area contributed by atoms with Gasteiger partial charge in [-0.3, -0.25) is 4.79 Å². The van der Waals surface area contributed by atoms with Gasteiger partial charge < -0.3 is 4.98 Å². The van der Waals surface area contributed by atoms with Gasteiger partial charge in [-0.2, -0.15) is 4.39 Å². The third-order valence-electron chi connectivity index (χ3n) is 1.16. The highest BCUT2D eigenvalue weighted by molar-refractivity contribution is 6.42. The molecule has 0 unspecified atom stereocenters. The Morgan fingerprint density at radius 1 is 1.50 bits per heavy atom. The van der Waals surface area contributed by atoms with E-state index in [0.29, 0.717) is 10.8 Å². The van der Waals surface area contributed by atoms with Crippen LogP contribution in [0.2, 0.25) is 0 Å². The number of nitrogens with one attached hydrogen (secondary N) is 1. The summed E-state index contributed by atoms with van der Waals surface area (Å²) in [5.74, 6) is -1.11. The van der Waals surface area contributed by atoms with Crippen molar-refractivity contribution in [3.8, 4) is 0 Å². The van der Waals surface area contributed by atoms with Crippen molar-refractivity contribution in [2.75, 3.05) is 0 Å². The number of nitrogens with zero attached hydrogens (tertiary/aromatic N) is 1. The summed E-state index contributed by atoms with van der Waals surface area (Å²) in [5, 5.41) is 0. The molecule has 1 rings (SSSR count). The minimum absolute atomic E-state index is 0.360. The zero-order valence-corrected chi connectivity index (χ0v) is 7.06. The molecule has 0 bridgehead atoms. The molecule has 0 amide bonds. The molecule has 0 saturated heterocycles. The number of aromatic nitrogens is 2. The first-order chi connectivity index (χ1) is 5.54. The van der Waals surface area contributed by atoms with Crippen LogP contribution in [0.5, 0.6) is 0 Å². The molecular formula is C5H3Cl2FN2O2. The zero-order chi connectivity index (χ0) is 9.30. The molecule has 4 nitrogen and oxygen atoms in total. The van der Waals surface area contributed by atoms with Crippen LogP contribution in [0.4, 0.5) is 4.39 Å². The summed E-state index contributed by atoms with van der Waals surface area (Å²) in [6.45, 7) is 0. The lowest BCUT2D eigenvalue weighted by molar-refractivity contribution is 0.563. The summed E-state index contributed by atoms with van der Waals surface area (Å²) in [5.41, 5.74) is -2.00. The maximum atomic E-state index is 12.5. The number of rotatable bonds is 1. The van der Waals surface area contributed by atoms with Crippen LogP contribution in [0.25, 0.3) is 0 Å². The highest BCUT2D eigenvalue weighted by Gasteiger charge is 2.11. The van der Waals surface area contributed by atoms with E-state index in [2.05, 4.69) is 0 Å². The van der Waals surface area contributed by atoms with E-state index >= 15 is 0 Å². The van der Waals surface area contributed by atoms with Gasteiger partial charge in [0.05, 0.1) is 0 Å². The summed E-state index contributed by atoms with van der Waals surface area (Å²) < 4.78 is 12.9. The van der Waals surface area contributed by atoms with Gasteiger partial charge >= 0.3 is 5.69 Å². The summed E-state index contributed by atoms with van der Waals surface area (Å²) in [6, 6.07) is 0. The Morgan fingerprint density at radius 3 is 2.50 bits per heavy atom. The predicted octanol–water partition coefficient (Wildman–Crippen LogP) is 0.609. The molecule has 12 heavy (non-hydrogen) atoms. The lowest BCUT2D eigenvalue weighted by Gasteiger charge is -2.02. The predicted molar refractivity (Wildman–Crippen MR) is 42.0 cm³/mol. The molecule has 0 spiro atoms. The van der Waals surface area contributed by atoms with E-state index in [1.165, 1.54) is 0 Å². The van der Waals surface area contributed by atoms with E-state index in [-0.39, 0.29) is 0 Å². The quantitative estimate of drug-likeness (QED) is 0.694. The van der Waals surface area contributed by atoms with Crippen LogP contribution in [-0.4, -0.2) is 9.55 Å². The summed E-state index contributed by atoms with van der Waals surface area (Å²) >= 11 is 10.5. The van der Waals surface area contributed by atoms with Crippen LogP contribution in [0.1, 0.15) is 4.96 Å². The Balaban J connectivity index is 3.55. The summed E-state index contributed by atoms with van der Waals surface area (Å²) in [4.78, 5) is 22.2. The first-order valence-corrected chi connectivity index (χ1v) is 3.69. The Kier molecular flexibility index (Phi) is 2.54. The molecule has 1 heterocycles. The lowest BCUT2D eigenvalue weighted by atomic mass is 10.6. The number of hydrogen-bond acceptors (Lipinski definition) is 2. The number of H-pyrrole nitrogens is 1. The Hall–Kier alpha value is -0.810. The molecule has 66 valence electrons. The molecule has 0 atom stereocenters. The van der Waals surface area contributed by atoms with Crippen LogP contribution < -0.4 is 11.2 Å². The average Bonchev–Trinajstić information content (AvgIpc) is 1.97. The van der Waals surface area contributed by atoms with Crippen LogP contribution in [0.3, 0.4) is 0 Å². The fourth-order valence-electron chi connectivity index (χ4n) is 0.641. The second kappa shape index (κ2) is 3.28. The molecular weight excluding hydrogens is 210 g/mol. The molecule has 0 aliphatic rings. The largest absolute Gasteiger partial charge is 0.330 e. The van der Waals surface area contributed by atoms with Gasteiger partial charge in [-0.25, -0.2) is 9.36 Å². The van der Waals surface area contributed by atoms with E-state index in [1.807, 2.05) is 4.98 Å². The first kappa shape index (κ1) is 9.28. The summed E-state index contributed by atoms with van der Waals surface area (Å²) in [7, 11) is 0. The van der Waals surface area contributed by atoms with Gasteiger partial charge in [-0.15, -0.1) is 0 Å². The lowest BCUT2D eigenvalue weighted by Crippen LogP contribution is -2.36. The van der Waals surface area contributed by atoms with Gasteiger partial charge in [-0.05, 0) is 0 Å². The smallest absolute Gasteiger partial charge is 0.311 e. The van der Waals surface area contributed by atoms with E-state index in [1.54, 1.807) is 0 Å². The molecule has 1 N–H and O–H groups in total. The van der Waals surface area contributed by atoms with Crippen LogP contribution in [-0.2, 0) is 0 Å². The highest BCUT2D eigenvalue weighted by atomic mass is 35.5. The molecule has 0 aromatic carbocycles. The first-order valence-electron chi connectivity index (χ1n) is 2.82. The van der Waals surface area contributed by atoms with Crippen molar-refractivity contribution in [2.24, 2.45) is 0 Å². The third kappa shape index (κ3) is 1.51. The highest BCUT2D eigenvalue weighted by Crippen LogP contribution is 2.10. The minimum atomic E-state index is -1.39. The zero-order valence-electron chi connectivity index (χ0n) is 5.55. The maximum Gasteiger partial charge on any atom is 0.330 e. The van der Waals surface area contributed by atoms with Crippen molar-refractivity contribution >= 4 is 23.2 Å². The molecule has 0 aliphatic heterocycles. The van der Waals surface area contributed by atoms with Crippen molar-refractivity contribution in [3.63, 3.8) is 0 Å². The van der Waals surface area contributed by atoms with E-state index in [0.717, 1.165) is 0 Å². The Bertz CT molecular complexity index is 397. The van der Waals surface area contributed by atoms with Crippen molar-refractivity contribution in [1.82, 2.24) is 9.55 Å². The van der Waals surface area contributed by atoms with E-state index in [4.69, 9.17) is 23.2 Å². The van der Waals surface area contributed by atoms with Crippen LogP contribution >= 0.6 is 23.2 Å². The van der Waals surface area contributed by atoms with Crippen molar-refractivity contribution in [3.05, 3.63) is 32.9 Å². The molecule has 7 heteroatoms. The fourth-order valence-corrected chi connectivity index (χ4v) is 0.995. The Labute approximate surface area is 75.5 Å². The van der Waals surface area contributed by atoms with Crippen molar-refractivity contribution in [1.29, 1.82) is 0 Å². The number of alkyl halides is 2. The monoisotopic (exact) mass is 212 g/mol. The topological polar surface area (TPSA) is 54.9 Å². The van der Waals surface area contributed by atoms with Crippen LogP contribution in [0.15, 0.2) is 15.8 Å². The molecule has 0 saturated carbocycles. The van der Waals surface area contributed by atoms with Gasteiger partial charge in [0, 0.05) is 6.20 Å². The second-order valence-electron chi connectivity index (χ2n) is 1.89. The van der Waals surface area contributed by atoms with E-state index in [9.17, 15) is 14.0 Å². The Morgan fingerprint density at radius 2 is 2.08 bits per heavy atom. The maximum absolute atomic E-state index is 12.5. The second-order valence-corrected chi connectivity index (χ2v) is 2.94. The number of halogens is 3. The standard InChI is InChI=1S/C5H3Cl2FN2O2/c6-4(7)10-3(11)2(8)1-9-5(10)12/h1,4H,(H,9,12). The van der Waals surface area contributed by atoms with Crippen molar-refractivity contribution in [2.45, 2.75) is 4.96 Å². The number of aromatic amines is 1. The normalized spacial score (nSPS) is 10.7. The van der Waals surface area contributed by atoms with Gasteiger partial charge in [-0.1, -0.05) is 23.2 Å². The van der Waals surface area contributed by atoms with Crippen LogP contribution in [0, 0.1) is 5.82 Å². The van der Waals surface area contributed by atoms with Crippen molar-refractivity contribution < 1.29 is 4.39 Å². The van der Waals surface area contributed by atoms with Gasteiger partial charge in [0.1, 0.15) is 0 Å². The van der Waals surface area contributed by atoms with Gasteiger partial charge in [0.2, 0.25) is 5.82 Å². The van der Waals surface area contributed by atoms with E-state index < -0.39 is 22.0 Å². The summed E-state index contributed by atoms with van der Waals surface area (Å²) in [6.07, 6.45) is 0.650. The molecule has 0 aliphatic carbocycles. The van der Waals surface area contributed by atoms with Gasteiger partial charge in [0.25, 0.3) is 5.56 Å². The molecule has 1 aromatic rings. The average molecular weight is 213 g/mol. The van der Waals surface area contributed by atoms with Gasteiger partial charge in [0.15, 0.2) is 4.96 Å². The fraction of sp³-hybridized carbons (Fsp3) is 0.200. The minimum Gasteiger partial charge on any atom is -0.311 e. The molecule has 1 aromatic heterocycles.